The summed E-state index contributed by atoms with van der Waals surface area (Å²) in [4.78, 5) is 12.5. The topological polar surface area (TPSA) is 75.7 Å². The van der Waals surface area contributed by atoms with Crippen molar-refractivity contribution in [2.24, 2.45) is 0 Å². The Morgan fingerprint density at radius 2 is 1.89 bits per heavy atom. The van der Waals surface area contributed by atoms with E-state index in [1.165, 1.54) is 35.7 Å². The predicted molar refractivity (Wildman–Crippen MR) is 103 cm³/mol. The molecule has 1 aliphatic heterocycles. The van der Waals surface area contributed by atoms with Crippen LogP contribution in [0.15, 0.2) is 47.4 Å². The Hall–Kier alpha value is -2.45. The molecular formula is C20H23FN2O4S. The molecule has 1 amide bonds. The second-order valence-corrected chi connectivity index (χ2v) is 8.48. The number of benzene rings is 2. The minimum absolute atomic E-state index is 0.0151. The maximum Gasteiger partial charge on any atom is 0.251 e. The van der Waals surface area contributed by atoms with E-state index in [0.29, 0.717) is 25.1 Å². The Kier molecular flexibility index (Phi) is 6.31. The first-order valence-corrected chi connectivity index (χ1v) is 10.6. The fraction of sp³-hybridized carbons (Fsp3) is 0.350. The highest BCUT2D eigenvalue weighted by atomic mass is 32.2. The molecule has 0 unspecified atom stereocenters. The molecule has 0 atom stereocenters. The third-order valence-electron chi connectivity index (χ3n) is 4.75. The number of carbonyl (C=O) groups is 1. The molecule has 2 aromatic rings. The standard InChI is InChI=1S/C20H23FN2O4S/c1-27-18-9-8-16(14-19(18)28(25,26)23-12-4-5-13-23)20(24)22-11-10-15-6-2-3-7-17(15)21/h2-3,6-9,14H,4-5,10-13H2,1H3,(H,22,24). The van der Waals surface area contributed by atoms with Gasteiger partial charge in [0.2, 0.25) is 10.0 Å². The average Bonchev–Trinajstić information content (AvgIpc) is 3.24. The number of ether oxygens (including phenoxy) is 1. The van der Waals surface area contributed by atoms with E-state index in [2.05, 4.69) is 5.32 Å². The Bertz CT molecular complexity index is 956. The van der Waals surface area contributed by atoms with Gasteiger partial charge in [0.05, 0.1) is 7.11 Å². The SMILES string of the molecule is COc1ccc(C(=O)NCCc2ccccc2F)cc1S(=O)(=O)N1CCCC1. The van der Waals surface area contributed by atoms with Crippen molar-refractivity contribution in [3.05, 3.63) is 59.4 Å². The van der Waals surface area contributed by atoms with E-state index in [-0.39, 0.29) is 28.6 Å². The molecule has 0 saturated carbocycles. The smallest absolute Gasteiger partial charge is 0.251 e. The minimum atomic E-state index is -3.73. The fourth-order valence-electron chi connectivity index (χ4n) is 3.20. The highest BCUT2D eigenvalue weighted by Crippen LogP contribution is 2.29. The maximum atomic E-state index is 13.7. The number of rotatable bonds is 7. The van der Waals surface area contributed by atoms with Gasteiger partial charge < -0.3 is 10.1 Å². The summed E-state index contributed by atoms with van der Waals surface area (Å²) in [5, 5.41) is 2.71. The summed E-state index contributed by atoms with van der Waals surface area (Å²) in [6.07, 6.45) is 1.98. The van der Waals surface area contributed by atoms with Gasteiger partial charge in [0.25, 0.3) is 5.91 Å². The van der Waals surface area contributed by atoms with E-state index in [0.717, 1.165) is 12.8 Å². The van der Waals surface area contributed by atoms with Gasteiger partial charge in [0, 0.05) is 25.2 Å². The van der Waals surface area contributed by atoms with Gasteiger partial charge >= 0.3 is 0 Å². The molecule has 6 nitrogen and oxygen atoms in total. The molecule has 0 bridgehead atoms. The van der Waals surface area contributed by atoms with Gasteiger partial charge in [-0.3, -0.25) is 4.79 Å². The zero-order valence-corrected chi connectivity index (χ0v) is 16.5. The van der Waals surface area contributed by atoms with Gasteiger partial charge in [-0.05, 0) is 49.1 Å². The Morgan fingerprint density at radius 1 is 1.18 bits per heavy atom. The van der Waals surface area contributed by atoms with Gasteiger partial charge in [-0.2, -0.15) is 4.31 Å². The van der Waals surface area contributed by atoms with Crippen LogP contribution in [0.3, 0.4) is 0 Å². The van der Waals surface area contributed by atoms with Crippen LogP contribution in [-0.4, -0.2) is 45.4 Å². The van der Waals surface area contributed by atoms with E-state index < -0.39 is 15.9 Å². The van der Waals surface area contributed by atoms with Crippen molar-refractivity contribution in [2.45, 2.75) is 24.2 Å². The zero-order valence-electron chi connectivity index (χ0n) is 15.7. The molecule has 150 valence electrons. The summed E-state index contributed by atoms with van der Waals surface area (Å²) in [6.45, 7) is 1.16. The second-order valence-electron chi connectivity index (χ2n) is 6.57. The van der Waals surface area contributed by atoms with E-state index >= 15 is 0 Å². The lowest BCUT2D eigenvalue weighted by Crippen LogP contribution is -2.29. The predicted octanol–water partition coefficient (Wildman–Crippen LogP) is 2.59. The molecule has 28 heavy (non-hydrogen) atoms. The number of nitrogens with zero attached hydrogens (tertiary/aromatic N) is 1. The first-order valence-electron chi connectivity index (χ1n) is 9.13. The number of methoxy groups -OCH3 is 1. The Morgan fingerprint density at radius 3 is 2.57 bits per heavy atom. The molecule has 0 aliphatic carbocycles. The quantitative estimate of drug-likeness (QED) is 0.767. The van der Waals surface area contributed by atoms with E-state index in [1.807, 2.05) is 0 Å². The fourth-order valence-corrected chi connectivity index (χ4v) is 4.90. The van der Waals surface area contributed by atoms with Crippen LogP contribution in [0.4, 0.5) is 4.39 Å². The van der Waals surface area contributed by atoms with Crippen molar-refractivity contribution >= 4 is 15.9 Å². The third kappa shape index (κ3) is 4.34. The molecule has 1 saturated heterocycles. The molecule has 1 aliphatic rings. The van der Waals surface area contributed by atoms with Gasteiger partial charge in [0.1, 0.15) is 16.5 Å². The van der Waals surface area contributed by atoms with Crippen molar-refractivity contribution in [2.75, 3.05) is 26.7 Å². The highest BCUT2D eigenvalue weighted by Gasteiger charge is 2.30. The van der Waals surface area contributed by atoms with Crippen molar-refractivity contribution in [3.8, 4) is 5.75 Å². The molecule has 0 radical (unpaired) electrons. The highest BCUT2D eigenvalue weighted by molar-refractivity contribution is 7.89. The van der Waals surface area contributed by atoms with Crippen LogP contribution in [0.5, 0.6) is 5.75 Å². The van der Waals surface area contributed by atoms with Crippen LogP contribution in [0.25, 0.3) is 0 Å². The van der Waals surface area contributed by atoms with Crippen LogP contribution in [0, 0.1) is 5.82 Å². The van der Waals surface area contributed by atoms with Crippen LogP contribution in [0.1, 0.15) is 28.8 Å². The summed E-state index contributed by atoms with van der Waals surface area (Å²) in [5.41, 5.74) is 0.724. The molecule has 1 heterocycles. The van der Waals surface area contributed by atoms with Crippen molar-refractivity contribution < 1.29 is 22.3 Å². The van der Waals surface area contributed by atoms with Gasteiger partial charge in [-0.1, -0.05) is 18.2 Å². The van der Waals surface area contributed by atoms with Gasteiger partial charge in [-0.25, -0.2) is 12.8 Å². The number of hydrogen-bond donors (Lipinski definition) is 1. The molecule has 0 spiro atoms. The molecule has 8 heteroatoms. The van der Waals surface area contributed by atoms with Gasteiger partial charge in [0.15, 0.2) is 0 Å². The number of hydrogen-bond acceptors (Lipinski definition) is 4. The molecule has 3 rings (SSSR count). The molecular weight excluding hydrogens is 383 g/mol. The monoisotopic (exact) mass is 406 g/mol. The molecule has 1 fully saturated rings. The van der Waals surface area contributed by atoms with Crippen LogP contribution in [0.2, 0.25) is 0 Å². The third-order valence-corrected chi connectivity index (χ3v) is 6.67. The normalized spacial score (nSPS) is 14.8. The number of nitrogens with one attached hydrogen (secondary N) is 1. The lowest BCUT2D eigenvalue weighted by molar-refractivity contribution is 0.0953. The molecule has 0 aromatic heterocycles. The number of amides is 1. The first kappa shape index (κ1) is 20.3. The number of carbonyl (C=O) groups excluding carboxylic acids is 1. The lowest BCUT2D eigenvalue weighted by atomic mass is 10.1. The van der Waals surface area contributed by atoms with Crippen LogP contribution < -0.4 is 10.1 Å². The van der Waals surface area contributed by atoms with Crippen molar-refractivity contribution in [1.82, 2.24) is 9.62 Å². The van der Waals surface area contributed by atoms with Crippen LogP contribution in [-0.2, 0) is 16.4 Å². The zero-order chi connectivity index (χ0) is 20.1. The summed E-state index contributed by atoms with van der Waals surface area (Å²) in [7, 11) is -2.33. The minimum Gasteiger partial charge on any atom is -0.495 e. The largest absolute Gasteiger partial charge is 0.495 e. The number of sulfonamides is 1. The van der Waals surface area contributed by atoms with Gasteiger partial charge in [-0.15, -0.1) is 0 Å². The van der Waals surface area contributed by atoms with Crippen molar-refractivity contribution in [3.63, 3.8) is 0 Å². The summed E-state index contributed by atoms with van der Waals surface area (Å²) in [6, 6.07) is 10.7. The first-order chi connectivity index (χ1) is 13.4. The Balaban J connectivity index is 1.75. The van der Waals surface area contributed by atoms with Crippen molar-refractivity contribution in [1.29, 1.82) is 0 Å². The Labute approximate surface area is 164 Å². The number of halogens is 1. The lowest BCUT2D eigenvalue weighted by Gasteiger charge is -2.18. The molecule has 2 aromatic carbocycles. The van der Waals surface area contributed by atoms with Crippen LogP contribution >= 0.6 is 0 Å². The van der Waals surface area contributed by atoms with E-state index in [4.69, 9.17) is 4.74 Å². The summed E-state index contributed by atoms with van der Waals surface area (Å²) in [5.74, 6) is -0.535. The molecule has 1 N–H and O–H groups in total. The summed E-state index contributed by atoms with van der Waals surface area (Å²) >= 11 is 0. The average molecular weight is 406 g/mol. The second kappa shape index (κ2) is 8.70. The maximum absolute atomic E-state index is 13.7. The summed E-state index contributed by atoms with van der Waals surface area (Å²) < 4.78 is 46.1. The van der Waals surface area contributed by atoms with E-state index in [1.54, 1.807) is 18.2 Å². The van der Waals surface area contributed by atoms with E-state index in [9.17, 15) is 17.6 Å².